The molecule has 0 aromatic carbocycles. The maximum Gasteiger partial charge on any atom is 0.337 e. The van der Waals surface area contributed by atoms with Crippen molar-refractivity contribution in [1.29, 1.82) is 0 Å². The predicted molar refractivity (Wildman–Crippen MR) is 56.8 cm³/mol. The second kappa shape index (κ2) is 3.98. The fourth-order valence-electron chi connectivity index (χ4n) is 1.27. The molecule has 0 atom stereocenters. The van der Waals surface area contributed by atoms with Gasteiger partial charge in [0.2, 0.25) is 0 Å². The van der Waals surface area contributed by atoms with Gasteiger partial charge in [-0.1, -0.05) is 6.07 Å². The van der Waals surface area contributed by atoms with Gasteiger partial charge in [0, 0.05) is 18.5 Å². The molecule has 0 radical (unpaired) electrons. The van der Waals surface area contributed by atoms with E-state index in [1.165, 1.54) is 29.0 Å². The monoisotopic (exact) mass is 216 g/mol. The number of carboxylic acid groups (broad SMARTS) is 1. The molecule has 1 N–H and O–H groups in total. The van der Waals surface area contributed by atoms with Crippen LogP contribution in [0.3, 0.4) is 0 Å². The number of pyridine rings is 2. The summed E-state index contributed by atoms with van der Waals surface area (Å²) in [5.74, 6) is -0.643. The lowest BCUT2D eigenvalue weighted by molar-refractivity contribution is 0.0696. The van der Waals surface area contributed by atoms with E-state index >= 15 is 0 Å². The summed E-state index contributed by atoms with van der Waals surface area (Å²) >= 11 is 0. The summed E-state index contributed by atoms with van der Waals surface area (Å²) in [4.78, 5) is 26.0. The molecule has 2 rings (SSSR count). The summed E-state index contributed by atoms with van der Waals surface area (Å²) in [5, 5.41) is 8.69. The van der Waals surface area contributed by atoms with Crippen molar-refractivity contribution in [1.82, 2.24) is 9.55 Å². The standard InChI is InChI=1S/C11H8N2O3/c14-10-3-1-2-6-13(10)9-5-4-8(7-12-9)11(15)16/h1-7H,(H,15,16). The average Bonchev–Trinajstić information content (AvgIpc) is 2.30. The van der Waals surface area contributed by atoms with Gasteiger partial charge in [-0.15, -0.1) is 0 Å². The smallest absolute Gasteiger partial charge is 0.337 e. The van der Waals surface area contributed by atoms with E-state index in [0.29, 0.717) is 5.82 Å². The minimum Gasteiger partial charge on any atom is -0.478 e. The number of nitrogens with zero attached hydrogens (tertiary/aromatic N) is 2. The second-order valence-corrected chi connectivity index (χ2v) is 3.12. The third-order valence-electron chi connectivity index (χ3n) is 2.06. The van der Waals surface area contributed by atoms with Gasteiger partial charge in [0.05, 0.1) is 5.56 Å². The first-order chi connectivity index (χ1) is 7.68. The van der Waals surface area contributed by atoms with E-state index in [1.807, 2.05) is 0 Å². The van der Waals surface area contributed by atoms with Crippen LogP contribution in [0.5, 0.6) is 0 Å². The molecule has 5 heteroatoms. The Balaban J connectivity index is 2.47. The van der Waals surface area contributed by atoms with Crippen LogP contribution in [-0.4, -0.2) is 20.6 Å². The highest BCUT2D eigenvalue weighted by molar-refractivity contribution is 5.87. The summed E-state index contributed by atoms with van der Waals surface area (Å²) in [6.45, 7) is 0. The van der Waals surface area contributed by atoms with Crippen LogP contribution in [0.15, 0.2) is 47.5 Å². The van der Waals surface area contributed by atoms with Crippen molar-refractivity contribution in [2.75, 3.05) is 0 Å². The van der Waals surface area contributed by atoms with Crippen LogP contribution in [0.2, 0.25) is 0 Å². The highest BCUT2D eigenvalue weighted by atomic mass is 16.4. The van der Waals surface area contributed by atoms with E-state index in [4.69, 9.17) is 5.11 Å². The summed E-state index contributed by atoms with van der Waals surface area (Å²) < 4.78 is 1.34. The number of hydrogen-bond acceptors (Lipinski definition) is 3. The largest absolute Gasteiger partial charge is 0.478 e. The van der Waals surface area contributed by atoms with Gasteiger partial charge in [-0.2, -0.15) is 0 Å². The molecule has 0 aliphatic carbocycles. The number of carboxylic acids is 1. The van der Waals surface area contributed by atoms with Crippen LogP contribution in [0.1, 0.15) is 10.4 Å². The van der Waals surface area contributed by atoms with E-state index in [1.54, 1.807) is 18.3 Å². The van der Waals surface area contributed by atoms with Crippen LogP contribution >= 0.6 is 0 Å². The average molecular weight is 216 g/mol. The van der Waals surface area contributed by atoms with Crippen molar-refractivity contribution in [3.8, 4) is 5.82 Å². The highest BCUT2D eigenvalue weighted by Crippen LogP contribution is 2.03. The van der Waals surface area contributed by atoms with Crippen molar-refractivity contribution in [2.24, 2.45) is 0 Å². The Labute approximate surface area is 90.6 Å². The van der Waals surface area contributed by atoms with Gasteiger partial charge in [-0.25, -0.2) is 9.78 Å². The Morgan fingerprint density at radius 1 is 1.25 bits per heavy atom. The first-order valence-electron chi connectivity index (χ1n) is 4.56. The van der Waals surface area contributed by atoms with Crippen molar-refractivity contribution in [3.05, 3.63) is 58.6 Å². The molecule has 0 bridgehead atoms. The zero-order valence-corrected chi connectivity index (χ0v) is 8.20. The summed E-state index contributed by atoms with van der Waals surface area (Å²) in [7, 11) is 0. The lowest BCUT2D eigenvalue weighted by atomic mass is 10.3. The Kier molecular flexibility index (Phi) is 2.51. The summed E-state index contributed by atoms with van der Waals surface area (Å²) in [6.07, 6.45) is 2.79. The van der Waals surface area contributed by atoms with Crippen LogP contribution < -0.4 is 5.56 Å². The molecule has 0 aliphatic rings. The molecule has 2 aromatic rings. The van der Waals surface area contributed by atoms with E-state index in [9.17, 15) is 9.59 Å². The topological polar surface area (TPSA) is 72.2 Å². The lowest BCUT2D eigenvalue weighted by Gasteiger charge is -2.03. The fourth-order valence-corrected chi connectivity index (χ4v) is 1.27. The van der Waals surface area contributed by atoms with Gasteiger partial charge in [0.15, 0.2) is 0 Å². The zero-order valence-electron chi connectivity index (χ0n) is 8.20. The second-order valence-electron chi connectivity index (χ2n) is 3.12. The van der Waals surface area contributed by atoms with Gasteiger partial charge in [-0.3, -0.25) is 9.36 Å². The van der Waals surface area contributed by atoms with E-state index < -0.39 is 5.97 Å². The molecule has 2 heterocycles. The number of rotatable bonds is 2. The molecular formula is C11H8N2O3. The molecule has 0 saturated carbocycles. The molecule has 0 saturated heterocycles. The van der Waals surface area contributed by atoms with Crippen molar-refractivity contribution < 1.29 is 9.90 Å². The fraction of sp³-hybridized carbons (Fsp3) is 0. The van der Waals surface area contributed by atoms with Gasteiger partial charge in [-0.05, 0) is 18.2 Å². The SMILES string of the molecule is O=C(O)c1ccc(-n2ccccc2=O)nc1. The quantitative estimate of drug-likeness (QED) is 0.810. The normalized spacial score (nSPS) is 10.0. The summed E-state index contributed by atoms with van der Waals surface area (Å²) in [6, 6.07) is 7.64. The Bertz CT molecular complexity index is 572. The van der Waals surface area contributed by atoms with Crippen molar-refractivity contribution in [3.63, 3.8) is 0 Å². The Hall–Kier alpha value is -2.43. The first-order valence-corrected chi connectivity index (χ1v) is 4.56. The molecule has 16 heavy (non-hydrogen) atoms. The highest BCUT2D eigenvalue weighted by Gasteiger charge is 2.04. The molecule has 80 valence electrons. The van der Waals surface area contributed by atoms with Crippen LogP contribution in [0, 0.1) is 0 Å². The van der Waals surface area contributed by atoms with Crippen LogP contribution in [0.25, 0.3) is 5.82 Å². The third-order valence-corrected chi connectivity index (χ3v) is 2.06. The molecule has 0 unspecified atom stereocenters. The Morgan fingerprint density at radius 3 is 2.62 bits per heavy atom. The van der Waals surface area contributed by atoms with Crippen molar-refractivity contribution in [2.45, 2.75) is 0 Å². The van der Waals surface area contributed by atoms with Crippen LogP contribution in [0.4, 0.5) is 0 Å². The number of hydrogen-bond donors (Lipinski definition) is 1. The maximum absolute atomic E-state index is 11.4. The molecule has 0 fully saturated rings. The molecule has 0 spiro atoms. The van der Waals surface area contributed by atoms with Gasteiger partial charge < -0.3 is 5.11 Å². The molecular weight excluding hydrogens is 208 g/mol. The third kappa shape index (κ3) is 1.83. The van der Waals surface area contributed by atoms with E-state index in [2.05, 4.69) is 4.98 Å². The molecule has 5 nitrogen and oxygen atoms in total. The van der Waals surface area contributed by atoms with E-state index in [0.717, 1.165) is 0 Å². The minimum atomic E-state index is -1.04. The predicted octanol–water partition coefficient (Wildman–Crippen LogP) is 0.931. The van der Waals surface area contributed by atoms with Gasteiger partial charge >= 0.3 is 5.97 Å². The number of carbonyl (C=O) groups is 1. The first kappa shape index (κ1) is 10.1. The lowest BCUT2D eigenvalue weighted by Crippen LogP contribution is -2.16. The van der Waals surface area contributed by atoms with E-state index in [-0.39, 0.29) is 11.1 Å². The Morgan fingerprint density at radius 2 is 2.06 bits per heavy atom. The van der Waals surface area contributed by atoms with Gasteiger partial charge in [0.25, 0.3) is 5.56 Å². The number of aromatic carboxylic acids is 1. The molecule has 2 aromatic heterocycles. The van der Waals surface area contributed by atoms with Gasteiger partial charge in [0.1, 0.15) is 5.82 Å². The van der Waals surface area contributed by atoms with Crippen molar-refractivity contribution >= 4 is 5.97 Å². The maximum atomic E-state index is 11.4. The zero-order chi connectivity index (χ0) is 11.5. The molecule has 0 aliphatic heterocycles. The summed E-state index contributed by atoms with van der Waals surface area (Å²) in [5.41, 5.74) is -0.120. The number of aromatic nitrogens is 2. The van der Waals surface area contributed by atoms with Crippen LogP contribution in [-0.2, 0) is 0 Å². The minimum absolute atomic E-state index is 0.0905. The molecule has 0 amide bonds.